The van der Waals surface area contributed by atoms with Crippen molar-refractivity contribution in [1.82, 2.24) is 0 Å². The molecule has 1 heterocycles. The first-order valence-corrected chi connectivity index (χ1v) is 5.54. The monoisotopic (exact) mass is 203 g/mol. The fraction of sp³-hybridized carbons (Fsp3) is 0.462. The third-order valence-electron chi connectivity index (χ3n) is 3.18. The minimum absolute atomic E-state index is 0.153. The van der Waals surface area contributed by atoms with Crippen LogP contribution in [0.15, 0.2) is 18.2 Å². The maximum absolute atomic E-state index is 11.3. The van der Waals surface area contributed by atoms with Crippen molar-refractivity contribution >= 4 is 11.5 Å². The van der Waals surface area contributed by atoms with Crippen molar-refractivity contribution in [3.05, 3.63) is 29.3 Å². The number of benzene rings is 1. The smallest absolute Gasteiger partial charge is 0.159 e. The number of ketones is 1. The average molecular weight is 203 g/mol. The SMILES string of the molecule is CCN1c2ccc(C(C)=O)cc2CC1C. The summed E-state index contributed by atoms with van der Waals surface area (Å²) in [5.74, 6) is 0.153. The molecule has 1 aliphatic heterocycles. The lowest BCUT2D eigenvalue weighted by Gasteiger charge is -2.22. The first-order valence-electron chi connectivity index (χ1n) is 5.54. The summed E-state index contributed by atoms with van der Waals surface area (Å²) in [6, 6.07) is 6.62. The van der Waals surface area contributed by atoms with Crippen LogP contribution in [0.4, 0.5) is 5.69 Å². The van der Waals surface area contributed by atoms with E-state index >= 15 is 0 Å². The van der Waals surface area contributed by atoms with E-state index < -0.39 is 0 Å². The Morgan fingerprint density at radius 1 is 1.53 bits per heavy atom. The Morgan fingerprint density at radius 2 is 2.27 bits per heavy atom. The quantitative estimate of drug-likeness (QED) is 0.689. The van der Waals surface area contributed by atoms with Crippen molar-refractivity contribution in [3.8, 4) is 0 Å². The highest BCUT2D eigenvalue weighted by Gasteiger charge is 2.24. The lowest BCUT2D eigenvalue weighted by molar-refractivity contribution is 0.101. The lowest BCUT2D eigenvalue weighted by Crippen LogP contribution is -2.28. The minimum Gasteiger partial charge on any atom is -0.369 e. The van der Waals surface area contributed by atoms with E-state index in [0.717, 1.165) is 18.5 Å². The van der Waals surface area contributed by atoms with Gasteiger partial charge in [-0.25, -0.2) is 0 Å². The second-order valence-electron chi connectivity index (χ2n) is 4.24. The number of hydrogen-bond donors (Lipinski definition) is 0. The van der Waals surface area contributed by atoms with Gasteiger partial charge in [-0.05, 0) is 51.0 Å². The molecule has 0 aromatic heterocycles. The van der Waals surface area contributed by atoms with Crippen LogP contribution in [-0.4, -0.2) is 18.4 Å². The molecule has 0 N–H and O–H groups in total. The molecule has 1 aromatic carbocycles. The molecule has 0 amide bonds. The van der Waals surface area contributed by atoms with E-state index in [4.69, 9.17) is 0 Å². The van der Waals surface area contributed by atoms with E-state index in [1.54, 1.807) is 6.92 Å². The minimum atomic E-state index is 0.153. The van der Waals surface area contributed by atoms with E-state index in [2.05, 4.69) is 24.8 Å². The van der Waals surface area contributed by atoms with Crippen LogP contribution in [0.1, 0.15) is 36.7 Å². The first-order chi connectivity index (χ1) is 7.13. The van der Waals surface area contributed by atoms with Crippen LogP contribution >= 0.6 is 0 Å². The van der Waals surface area contributed by atoms with E-state index in [1.807, 2.05) is 12.1 Å². The van der Waals surface area contributed by atoms with Crippen molar-refractivity contribution in [2.24, 2.45) is 0 Å². The molecule has 1 aliphatic rings. The van der Waals surface area contributed by atoms with Crippen LogP contribution in [0.5, 0.6) is 0 Å². The molecule has 1 unspecified atom stereocenters. The van der Waals surface area contributed by atoms with Gasteiger partial charge in [0.15, 0.2) is 5.78 Å². The normalized spacial score (nSPS) is 19.1. The molecule has 80 valence electrons. The summed E-state index contributed by atoms with van der Waals surface area (Å²) in [7, 11) is 0. The van der Waals surface area contributed by atoms with Crippen LogP contribution in [0, 0.1) is 0 Å². The molecule has 2 heteroatoms. The molecule has 0 saturated carbocycles. The third-order valence-corrected chi connectivity index (χ3v) is 3.18. The number of rotatable bonds is 2. The second-order valence-corrected chi connectivity index (χ2v) is 4.24. The molecule has 0 radical (unpaired) electrons. The number of carbonyl (C=O) groups excluding carboxylic acids is 1. The third kappa shape index (κ3) is 1.65. The Hall–Kier alpha value is -1.31. The number of likely N-dealkylation sites (N-methyl/N-ethyl adjacent to an activating group) is 1. The fourth-order valence-corrected chi connectivity index (χ4v) is 2.40. The highest BCUT2D eigenvalue weighted by atomic mass is 16.1. The average Bonchev–Trinajstić information content (AvgIpc) is 2.51. The van der Waals surface area contributed by atoms with Gasteiger partial charge >= 0.3 is 0 Å². The predicted molar refractivity (Wildman–Crippen MR) is 62.6 cm³/mol. The molecule has 15 heavy (non-hydrogen) atoms. The number of fused-ring (bicyclic) bond motifs is 1. The van der Waals surface area contributed by atoms with Crippen molar-refractivity contribution in [3.63, 3.8) is 0 Å². The summed E-state index contributed by atoms with van der Waals surface area (Å²) in [5, 5.41) is 0. The number of Topliss-reactive ketones (excluding diaryl/α,β-unsaturated/α-hetero) is 1. The summed E-state index contributed by atoms with van der Waals surface area (Å²) in [5.41, 5.74) is 3.45. The van der Waals surface area contributed by atoms with E-state index in [0.29, 0.717) is 6.04 Å². The molecule has 1 atom stereocenters. The fourth-order valence-electron chi connectivity index (χ4n) is 2.40. The molecular weight excluding hydrogens is 186 g/mol. The standard InChI is InChI=1S/C13H17NO/c1-4-14-9(2)7-12-8-11(10(3)15)5-6-13(12)14/h5-6,8-9H,4,7H2,1-3H3. The van der Waals surface area contributed by atoms with Crippen molar-refractivity contribution in [2.45, 2.75) is 33.2 Å². The van der Waals surface area contributed by atoms with Crippen LogP contribution in [-0.2, 0) is 6.42 Å². The molecule has 0 saturated heterocycles. The topological polar surface area (TPSA) is 20.3 Å². The number of anilines is 1. The van der Waals surface area contributed by atoms with Gasteiger partial charge in [0.25, 0.3) is 0 Å². The van der Waals surface area contributed by atoms with E-state index in [1.165, 1.54) is 11.3 Å². The van der Waals surface area contributed by atoms with Gasteiger partial charge in [0.05, 0.1) is 0 Å². The summed E-state index contributed by atoms with van der Waals surface area (Å²) >= 11 is 0. The van der Waals surface area contributed by atoms with Crippen molar-refractivity contribution in [2.75, 3.05) is 11.4 Å². The Kier molecular flexibility index (Phi) is 2.51. The molecule has 0 bridgehead atoms. The molecule has 0 spiro atoms. The van der Waals surface area contributed by atoms with Gasteiger partial charge in [-0.2, -0.15) is 0 Å². The maximum atomic E-state index is 11.3. The zero-order chi connectivity index (χ0) is 11.0. The summed E-state index contributed by atoms with van der Waals surface area (Å²) in [4.78, 5) is 13.7. The van der Waals surface area contributed by atoms with Gasteiger partial charge < -0.3 is 4.90 Å². The number of nitrogens with zero attached hydrogens (tertiary/aromatic N) is 1. The van der Waals surface area contributed by atoms with Gasteiger partial charge in [-0.1, -0.05) is 0 Å². The highest BCUT2D eigenvalue weighted by molar-refractivity contribution is 5.94. The van der Waals surface area contributed by atoms with Crippen LogP contribution in [0.2, 0.25) is 0 Å². The second kappa shape index (κ2) is 3.69. The summed E-state index contributed by atoms with van der Waals surface area (Å²) in [6.45, 7) is 7.06. The zero-order valence-electron chi connectivity index (χ0n) is 9.58. The molecule has 2 nitrogen and oxygen atoms in total. The molecular formula is C13H17NO. The van der Waals surface area contributed by atoms with Crippen molar-refractivity contribution in [1.29, 1.82) is 0 Å². The highest BCUT2D eigenvalue weighted by Crippen LogP contribution is 2.32. The Bertz CT molecular complexity index is 398. The van der Waals surface area contributed by atoms with Crippen LogP contribution in [0.3, 0.4) is 0 Å². The lowest BCUT2D eigenvalue weighted by atomic mass is 10.1. The van der Waals surface area contributed by atoms with Gasteiger partial charge in [-0.15, -0.1) is 0 Å². The van der Waals surface area contributed by atoms with Gasteiger partial charge in [-0.3, -0.25) is 4.79 Å². The summed E-state index contributed by atoms with van der Waals surface area (Å²) in [6.07, 6.45) is 1.06. The van der Waals surface area contributed by atoms with Gasteiger partial charge in [0, 0.05) is 23.8 Å². The molecule has 2 rings (SSSR count). The van der Waals surface area contributed by atoms with Gasteiger partial charge in [0.2, 0.25) is 0 Å². The summed E-state index contributed by atoms with van der Waals surface area (Å²) < 4.78 is 0. The van der Waals surface area contributed by atoms with E-state index in [9.17, 15) is 4.79 Å². The van der Waals surface area contributed by atoms with Gasteiger partial charge in [0.1, 0.15) is 0 Å². The Morgan fingerprint density at radius 3 is 2.87 bits per heavy atom. The Labute approximate surface area is 90.9 Å². The maximum Gasteiger partial charge on any atom is 0.159 e. The largest absolute Gasteiger partial charge is 0.369 e. The van der Waals surface area contributed by atoms with E-state index in [-0.39, 0.29) is 5.78 Å². The number of carbonyl (C=O) groups is 1. The predicted octanol–water partition coefficient (Wildman–Crippen LogP) is 2.66. The Balaban J connectivity index is 2.41. The molecule has 1 aromatic rings. The van der Waals surface area contributed by atoms with Crippen LogP contribution in [0.25, 0.3) is 0 Å². The van der Waals surface area contributed by atoms with Crippen LogP contribution < -0.4 is 4.90 Å². The first kappa shape index (κ1) is 10.2. The molecule has 0 aliphatic carbocycles. The molecule has 0 fully saturated rings. The van der Waals surface area contributed by atoms with Crippen molar-refractivity contribution < 1.29 is 4.79 Å². The zero-order valence-corrected chi connectivity index (χ0v) is 9.58. The number of hydrogen-bond acceptors (Lipinski definition) is 2.